The van der Waals surface area contributed by atoms with Crippen LogP contribution in [0.4, 0.5) is 5.69 Å². The lowest BCUT2D eigenvalue weighted by molar-refractivity contribution is 0.102. The normalized spacial score (nSPS) is 11.2. The molecule has 0 spiro atoms. The van der Waals surface area contributed by atoms with Crippen molar-refractivity contribution in [3.8, 4) is 0 Å². The van der Waals surface area contributed by atoms with E-state index in [2.05, 4.69) is 21.2 Å². The van der Waals surface area contributed by atoms with Gasteiger partial charge in [-0.25, -0.2) is 13.6 Å². The predicted molar refractivity (Wildman–Crippen MR) is 84.6 cm³/mol. The van der Waals surface area contributed by atoms with E-state index in [4.69, 9.17) is 5.14 Å². The quantitative estimate of drug-likeness (QED) is 0.872. The van der Waals surface area contributed by atoms with Crippen LogP contribution < -0.4 is 10.5 Å². The fraction of sp³-hybridized carbons (Fsp3) is 0.0714. The Morgan fingerprint density at radius 1 is 1.19 bits per heavy atom. The van der Waals surface area contributed by atoms with E-state index in [0.717, 1.165) is 0 Å². The van der Waals surface area contributed by atoms with Crippen molar-refractivity contribution in [1.29, 1.82) is 0 Å². The molecule has 0 fully saturated rings. The van der Waals surface area contributed by atoms with Crippen LogP contribution in [0.5, 0.6) is 0 Å². The summed E-state index contributed by atoms with van der Waals surface area (Å²) < 4.78 is 23.4. The molecule has 110 valence electrons. The average Bonchev–Trinajstić information content (AvgIpc) is 2.37. The minimum Gasteiger partial charge on any atom is -0.322 e. The number of benzene rings is 2. The van der Waals surface area contributed by atoms with E-state index in [0.29, 0.717) is 21.3 Å². The van der Waals surface area contributed by atoms with Crippen molar-refractivity contribution in [2.24, 2.45) is 5.14 Å². The van der Waals surface area contributed by atoms with Crippen molar-refractivity contribution >= 4 is 37.5 Å². The van der Waals surface area contributed by atoms with Crippen LogP contribution in [0.15, 0.2) is 51.8 Å². The van der Waals surface area contributed by atoms with Crippen molar-refractivity contribution in [1.82, 2.24) is 0 Å². The number of hydrogen-bond acceptors (Lipinski definition) is 3. The van der Waals surface area contributed by atoms with Gasteiger partial charge in [0.25, 0.3) is 5.91 Å². The van der Waals surface area contributed by atoms with E-state index in [1.165, 1.54) is 12.1 Å². The number of nitrogens with two attached hydrogens (primary N) is 1. The predicted octanol–water partition coefficient (Wildman–Crippen LogP) is 2.66. The van der Waals surface area contributed by atoms with E-state index in [1.807, 2.05) is 6.07 Å². The Morgan fingerprint density at radius 2 is 1.86 bits per heavy atom. The first-order valence-electron chi connectivity index (χ1n) is 5.98. The number of carbonyl (C=O) groups excluding carboxylic acids is 1. The monoisotopic (exact) mass is 368 g/mol. The number of hydrogen-bond donors (Lipinski definition) is 2. The molecule has 0 aliphatic heterocycles. The highest BCUT2D eigenvalue weighted by Crippen LogP contribution is 2.21. The molecule has 0 atom stereocenters. The zero-order valence-corrected chi connectivity index (χ0v) is 13.5. The molecular formula is C14H13BrN2O3S. The second-order valence-electron chi connectivity index (χ2n) is 4.46. The molecule has 0 aromatic heterocycles. The lowest BCUT2D eigenvalue weighted by Crippen LogP contribution is -2.15. The smallest absolute Gasteiger partial charge is 0.256 e. The maximum Gasteiger partial charge on any atom is 0.256 e. The van der Waals surface area contributed by atoms with Crippen LogP contribution in [0, 0.1) is 6.92 Å². The second kappa shape index (κ2) is 5.97. The molecule has 2 aromatic rings. The van der Waals surface area contributed by atoms with Gasteiger partial charge in [-0.2, -0.15) is 0 Å². The van der Waals surface area contributed by atoms with E-state index in [-0.39, 0.29) is 10.8 Å². The minimum absolute atomic E-state index is 0.0430. The molecule has 0 heterocycles. The van der Waals surface area contributed by atoms with Gasteiger partial charge < -0.3 is 5.32 Å². The molecule has 0 bridgehead atoms. The van der Waals surface area contributed by atoms with Gasteiger partial charge in [0.15, 0.2) is 0 Å². The molecule has 2 rings (SSSR count). The SMILES string of the molecule is Cc1cc(NC(=O)c2ccccc2Br)ccc1S(N)(=O)=O. The van der Waals surface area contributed by atoms with Gasteiger partial charge >= 0.3 is 0 Å². The third kappa shape index (κ3) is 3.69. The van der Waals surface area contributed by atoms with Gasteiger partial charge in [0.2, 0.25) is 10.0 Å². The van der Waals surface area contributed by atoms with Crippen LogP contribution in [-0.2, 0) is 10.0 Å². The number of amides is 1. The summed E-state index contributed by atoms with van der Waals surface area (Å²) in [4.78, 5) is 12.2. The Bertz CT molecular complexity index is 804. The molecule has 2 aromatic carbocycles. The van der Waals surface area contributed by atoms with E-state index < -0.39 is 10.0 Å². The zero-order chi connectivity index (χ0) is 15.6. The topological polar surface area (TPSA) is 89.3 Å². The molecule has 0 aliphatic rings. The summed E-state index contributed by atoms with van der Waals surface area (Å²) in [5, 5.41) is 7.81. The Balaban J connectivity index is 2.27. The van der Waals surface area contributed by atoms with E-state index in [9.17, 15) is 13.2 Å². The lowest BCUT2D eigenvalue weighted by Gasteiger charge is -2.09. The number of carbonyl (C=O) groups is 1. The summed E-state index contributed by atoms with van der Waals surface area (Å²) in [6.07, 6.45) is 0. The number of anilines is 1. The van der Waals surface area contributed by atoms with Crippen LogP contribution in [0.2, 0.25) is 0 Å². The highest BCUT2D eigenvalue weighted by atomic mass is 79.9. The Hall–Kier alpha value is -1.70. The fourth-order valence-corrected chi connectivity index (χ4v) is 3.12. The van der Waals surface area contributed by atoms with Gasteiger partial charge in [-0.05, 0) is 58.7 Å². The van der Waals surface area contributed by atoms with Crippen molar-refractivity contribution in [3.05, 3.63) is 58.1 Å². The molecule has 21 heavy (non-hydrogen) atoms. The van der Waals surface area contributed by atoms with Crippen LogP contribution >= 0.6 is 15.9 Å². The number of primary sulfonamides is 1. The summed E-state index contributed by atoms with van der Waals surface area (Å²) >= 11 is 3.31. The summed E-state index contributed by atoms with van der Waals surface area (Å²) in [7, 11) is -3.76. The first kappa shape index (κ1) is 15.7. The Morgan fingerprint density at radius 3 is 2.43 bits per heavy atom. The molecule has 0 saturated heterocycles. The van der Waals surface area contributed by atoms with Crippen molar-refractivity contribution in [2.45, 2.75) is 11.8 Å². The van der Waals surface area contributed by atoms with Gasteiger partial charge in [-0.1, -0.05) is 12.1 Å². The van der Waals surface area contributed by atoms with Crippen molar-refractivity contribution in [2.75, 3.05) is 5.32 Å². The molecule has 0 aliphatic carbocycles. The Labute approximate surface area is 131 Å². The number of sulfonamides is 1. The Kier molecular flexibility index (Phi) is 4.46. The number of halogens is 1. The molecular weight excluding hydrogens is 356 g/mol. The van der Waals surface area contributed by atoms with Crippen molar-refractivity contribution < 1.29 is 13.2 Å². The van der Waals surface area contributed by atoms with Crippen LogP contribution in [0.3, 0.4) is 0 Å². The van der Waals surface area contributed by atoms with Gasteiger partial charge in [-0.3, -0.25) is 4.79 Å². The maximum absolute atomic E-state index is 12.1. The first-order valence-corrected chi connectivity index (χ1v) is 8.32. The zero-order valence-electron chi connectivity index (χ0n) is 11.1. The maximum atomic E-state index is 12.1. The average molecular weight is 369 g/mol. The molecule has 7 heteroatoms. The van der Waals surface area contributed by atoms with Gasteiger partial charge in [0.1, 0.15) is 0 Å². The number of rotatable bonds is 3. The van der Waals surface area contributed by atoms with Gasteiger partial charge in [0.05, 0.1) is 10.5 Å². The third-order valence-electron chi connectivity index (χ3n) is 2.86. The summed E-state index contributed by atoms with van der Waals surface area (Å²) in [6, 6.07) is 11.5. The van der Waals surface area contributed by atoms with Gasteiger partial charge in [0, 0.05) is 10.2 Å². The summed E-state index contributed by atoms with van der Waals surface area (Å²) in [5.74, 6) is -0.287. The van der Waals surface area contributed by atoms with Crippen molar-refractivity contribution in [3.63, 3.8) is 0 Å². The molecule has 0 saturated carbocycles. The molecule has 0 radical (unpaired) electrons. The number of nitrogens with one attached hydrogen (secondary N) is 1. The van der Waals surface area contributed by atoms with Gasteiger partial charge in [-0.15, -0.1) is 0 Å². The first-order chi connectivity index (χ1) is 9.79. The minimum atomic E-state index is -3.76. The standard InChI is InChI=1S/C14H13BrN2O3S/c1-9-8-10(6-7-13(9)21(16,19)20)17-14(18)11-4-2-3-5-12(11)15/h2-8H,1H3,(H,17,18)(H2,16,19,20). The number of aryl methyl sites for hydroxylation is 1. The summed E-state index contributed by atoms with van der Waals surface area (Å²) in [5.41, 5.74) is 1.47. The third-order valence-corrected chi connectivity index (χ3v) is 4.62. The van der Waals surface area contributed by atoms with E-state index >= 15 is 0 Å². The molecule has 5 nitrogen and oxygen atoms in total. The van der Waals surface area contributed by atoms with E-state index in [1.54, 1.807) is 31.2 Å². The lowest BCUT2D eigenvalue weighted by atomic mass is 10.2. The fourth-order valence-electron chi connectivity index (χ4n) is 1.89. The highest BCUT2D eigenvalue weighted by molar-refractivity contribution is 9.10. The van der Waals surface area contributed by atoms with Crippen LogP contribution in [0.25, 0.3) is 0 Å². The highest BCUT2D eigenvalue weighted by Gasteiger charge is 2.13. The van der Waals surface area contributed by atoms with Crippen LogP contribution in [-0.4, -0.2) is 14.3 Å². The molecule has 0 unspecified atom stereocenters. The summed E-state index contributed by atoms with van der Waals surface area (Å²) in [6.45, 7) is 1.62. The molecule has 1 amide bonds. The largest absolute Gasteiger partial charge is 0.322 e. The molecule has 3 N–H and O–H groups in total. The second-order valence-corrected chi connectivity index (χ2v) is 6.84. The van der Waals surface area contributed by atoms with Crippen LogP contribution in [0.1, 0.15) is 15.9 Å².